The first-order valence-corrected chi connectivity index (χ1v) is 9.43. The van der Waals surface area contributed by atoms with Crippen LogP contribution < -0.4 is 11.1 Å². The second-order valence-corrected chi connectivity index (χ2v) is 11.3. The predicted octanol–water partition coefficient (Wildman–Crippen LogP) is 2.25. The Hall–Kier alpha value is -0.163. The number of hydrogen-bond donors (Lipinski definition) is 2. The van der Waals surface area contributed by atoms with E-state index in [-0.39, 0.29) is 11.1 Å². The largest absolute Gasteiger partial charge is 0.415 e. The average Bonchev–Trinajstić information content (AvgIpc) is 2.38. The van der Waals surface area contributed by atoms with Gasteiger partial charge >= 0.3 is 0 Å². The van der Waals surface area contributed by atoms with Crippen LogP contribution in [0.1, 0.15) is 27.2 Å². The molecule has 1 heterocycles. The highest BCUT2D eigenvalue weighted by atomic mass is 28.4. The van der Waals surface area contributed by atoms with Gasteiger partial charge in [0.05, 0.1) is 6.61 Å². The third-order valence-corrected chi connectivity index (χ3v) is 8.38. The van der Waals surface area contributed by atoms with Crippen molar-refractivity contribution >= 4 is 8.32 Å². The third kappa shape index (κ3) is 4.54. The minimum Gasteiger partial charge on any atom is -0.415 e. The van der Waals surface area contributed by atoms with E-state index >= 15 is 0 Å². The molecule has 0 aliphatic carbocycles. The van der Waals surface area contributed by atoms with Crippen molar-refractivity contribution in [3.05, 3.63) is 12.2 Å². The average molecular weight is 256 g/mol. The summed E-state index contributed by atoms with van der Waals surface area (Å²) >= 11 is 0. The molecule has 0 bridgehead atoms. The molecule has 1 rings (SSSR count). The van der Waals surface area contributed by atoms with Crippen molar-refractivity contribution in [2.24, 2.45) is 5.73 Å². The lowest BCUT2D eigenvalue weighted by Gasteiger charge is -2.37. The van der Waals surface area contributed by atoms with Crippen LogP contribution in [0, 0.1) is 0 Å². The number of hydrogen-bond acceptors (Lipinski definition) is 3. The van der Waals surface area contributed by atoms with Gasteiger partial charge in [-0.2, -0.15) is 0 Å². The molecule has 0 radical (unpaired) electrons. The summed E-state index contributed by atoms with van der Waals surface area (Å²) in [4.78, 5) is 0. The second-order valence-electron chi connectivity index (χ2n) is 6.51. The molecule has 100 valence electrons. The monoisotopic (exact) mass is 256 g/mol. The molecular formula is C13H28N2OSi. The Labute approximate surface area is 107 Å². The zero-order chi connectivity index (χ0) is 13.1. The van der Waals surface area contributed by atoms with Crippen molar-refractivity contribution < 1.29 is 4.43 Å². The normalized spacial score (nSPS) is 26.9. The van der Waals surface area contributed by atoms with E-state index < -0.39 is 8.32 Å². The molecule has 0 fully saturated rings. The molecule has 0 aromatic carbocycles. The summed E-state index contributed by atoms with van der Waals surface area (Å²) < 4.78 is 6.21. The molecule has 4 heteroatoms. The highest BCUT2D eigenvalue weighted by molar-refractivity contribution is 6.74. The highest BCUT2D eigenvalue weighted by Gasteiger charge is 2.37. The Morgan fingerprint density at radius 2 is 2.06 bits per heavy atom. The summed E-state index contributed by atoms with van der Waals surface area (Å²) in [5, 5.41) is 3.72. The standard InChI is InChI=1S/C13H28N2OSi/c1-13(2,3)17(4,5)16-10-12-8-6-7-11(14)9-15-12/h6,8,11-12,15H,7,9-10,14H2,1-5H3/t11-,12+/m0/s1. The molecule has 17 heavy (non-hydrogen) atoms. The molecule has 0 saturated heterocycles. The first-order chi connectivity index (χ1) is 7.72. The van der Waals surface area contributed by atoms with Crippen LogP contribution in [0.2, 0.25) is 18.1 Å². The lowest BCUT2D eigenvalue weighted by atomic mass is 10.2. The summed E-state index contributed by atoms with van der Waals surface area (Å²) in [7, 11) is -1.63. The fourth-order valence-electron chi connectivity index (χ4n) is 1.50. The maximum absolute atomic E-state index is 6.21. The van der Waals surface area contributed by atoms with Crippen molar-refractivity contribution in [1.82, 2.24) is 5.32 Å². The van der Waals surface area contributed by atoms with E-state index in [2.05, 4.69) is 51.3 Å². The zero-order valence-corrected chi connectivity index (χ0v) is 12.9. The quantitative estimate of drug-likeness (QED) is 0.601. The number of nitrogens with two attached hydrogens (primary N) is 1. The van der Waals surface area contributed by atoms with E-state index in [0.717, 1.165) is 19.6 Å². The van der Waals surface area contributed by atoms with Gasteiger partial charge in [0.2, 0.25) is 0 Å². The maximum atomic E-state index is 6.21. The van der Waals surface area contributed by atoms with Crippen LogP contribution in [-0.2, 0) is 4.43 Å². The van der Waals surface area contributed by atoms with Gasteiger partial charge in [0.1, 0.15) is 0 Å². The molecule has 1 aliphatic rings. The van der Waals surface area contributed by atoms with E-state index in [9.17, 15) is 0 Å². The summed E-state index contributed by atoms with van der Waals surface area (Å²) in [6.45, 7) is 13.0. The van der Waals surface area contributed by atoms with Gasteiger partial charge in [-0.1, -0.05) is 32.9 Å². The smallest absolute Gasteiger partial charge is 0.192 e. The highest BCUT2D eigenvalue weighted by Crippen LogP contribution is 2.36. The van der Waals surface area contributed by atoms with E-state index in [1.54, 1.807) is 0 Å². The van der Waals surface area contributed by atoms with E-state index in [4.69, 9.17) is 10.2 Å². The van der Waals surface area contributed by atoms with Crippen molar-refractivity contribution in [1.29, 1.82) is 0 Å². The van der Waals surface area contributed by atoms with Gasteiger partial charge in [0, 0.05) is 18.6 Å². The molecule has 2 atom stereocenters. The van der Waals surface area contributed by atoms with Gasteiger partial charge in [-0.15, -0.1) is 0 Å². The number of nitrogens with one attached hydrogen (secondary N) is 1. The molecule has 1 aliphatic heterocycles. The minimum absolute atomic E-state index is 0.240. The molecule has 0 aromatic rings. The van der Waals surface area contributed by atoms with Crippen molar-refractivity contribution in [3.63, 3.8) is 0 Å². The summed E-state index contributed by atoms with van der Waals surface area (Å²) in [5.41, 5.74) is 5.90. The molecule has 0 amide bonds. The Bertz CT molecular complexity index is 271. The van der Waals surface area contributed by atoms with Gasteiger partial charge < -0.3 is 15.5 Å². The van der Waals surface area contributed by atoms with Crippen LogP contribution in [0.15, 0.2) is 12.2 Å². The number of rotatable bonds is 3. The predicted molar refractivity (Wildman–Crippen MR) is 76.7 cm³/mol. The Kier molecular flexibility index (Phi) is 4.95. The molecule has 0 spiro atoms. The van der Waals surface area contributed by atoms with Crippen molar-refractivity contribution in [3.8, 4) is 0 Å². The van der Waals surface area contributed by atoms with Crippen molar-refractivity contribution in [2.75, 3.05) is 13.2 Å². The maximum Gasteiger partial charge on any atom is 0.192 e. The van der Waals surface area contributed by atoms with Crippen LogP contribution in [0.5, 0.6) is 0 Å². The fraction of sp³-hybridized carbons (Fsp3) is 0.846. The minimum atomic E-state index is -1.63. The topological polar surface area (TPSA) is 47.3 Å². The lowest BCUT2D eigenvalue weighted by molar-refractivity contribution is 0.261. The summed E-state index contributed by atoms with van der Waals surface area (Å²) in [5.74, 6) is 0. The zero-order valence-electron chi connectivity index (χ0n) is 11.9. The van der Waals surface area contributed by atoms with Crippen LogP contribution in [-0.4, -0.2) is 33.6 Å². The Balaban J connectivity index is 2.45. The first-order valence-electron chi connectivity index (χ1n) is 6.52. The SMILES string of the molecule is CC(C)(C)[Si](C)(C)OC[C@H]1C=CC[C@H](N)CN1. The van der Waals surface area contributed by atoms with E-state index in [1.807, 2.05) is 0 Å². The summed E-state index contributed by atoms with van der Waals surface area (Å²) in [6, 6.07) is 0.557. The van der Waals surface area contributed by atoms with Gasteiger partial charge in [-0.25, -0.2) is 0 Å². The molecule has 0 aromatic heterocycles. The molecule has 3 nitrogen and oxygen atoms in total. The first kappa shape index (κ1) is 14.9. The molecule has 0 unspecified atom stereocenters. The van der Waals surface area contributed by atoms with Crippen LogP contribution in [0.25, 0.3) is 0 Å². The fourth-order valence-corrected chi connectivity index (χ4v) is 2.53. The molecule has 3 N–H and O–H groups in total. The van der Waals surface area contributed by atoms with E-state index in [0.29, 0.717) is 6.04 Å². The molecular weight excluding hydrogens is 228 g/mol. The Morgan fingerprint density at radius 3 is 2.65 bits per heavy atom. The lowest BCUT2D eigenvalue weighted by Crippen LogP contribution is -2.45. The van der Waals surface area contributed by atoms with E-state index in [1.165, 1.54) is 0 Å². The van der Waals surface area contributed by atoms with Crippen molar-refractivity contribution in [2.45, 2.75) is 57.4 Å². The van der Waals surface area contributed by atoms with Crippen LogP contribution in [0.4, 0.5) is 0 Å². The Morgan fingerprint density at radius 1 is 1.41 bits per heavy atom. The van der Waals surface area contributed by atoms with Gasteiger partial charge in [-0.3, -0.25) is 0 Å². The second kappa shape index (κ2) is 5.65. The van der Waals surface area contributed by atoms with Gasteiger partial charge in [-0.05, 0) is 24.6 Å². The van der Waals surface area contributed by atoms with Crippen LogP contribution in [0.3, 0.4) is 0 Å². The molecule has 0 saturated carbocycles. The van der Waals surface area contributed by atoms with Crippen LogP contribution >= 0.6 is 0 Å². The summed E-state index contributed by atoms with van der Waals surface area (Å²) in [6.07, 6.45) is 5.33. The third-order valence-electron chi connectivity index (χ3n) is 3.88. The van der Waals surface area contributed by atoms with Gasteiger partial charge in [0.15, 0.2) is 8.32 Å². The van der Waals surface area contributed by atoms with Gasteiger partial charge in [0.25, 0.3) is 0 Å².